The summed E-state index contributed by atoms with van der Waals surface area (Å²) in [5, 5.41) is 1.52. The quantitative estimate of drug-likeness (QED) is 0.652. The van der Waals surface area contributed by atoms with Crippen molar-refractivity contribution in [3.8, 4) is 0 Å². The molecular weight excluding hydrogens is 231 g/mol. The average Bonchev–Trinajstić information content (AvgIpc) is 2.86. The molecule has 3 aromatic rings. The molecule has 0 aliphatic heterocycles. The van der Waals surface area contributed by atoms with Crippen LogP contribution in [0.15, 0.2) is 21.0 Å². The summed E-state index contributed by atoms with van der Waals surface area (Å²) < 4.78 is 25.3. The molecule has 2 heterocycles. The molecule has 0 fully saturated rings. The Bertz CT molecular complexity index is 670. The third kappa shape index (κ3) is 1.40. The Balaban J connectivity index is 2.38. The Labute approximate surface area is 104 Å². The zero-order valence-electron chi connectivity index (χ0n) is 10.8. The first-order chi connectivity index (χ1) is 8.65. The van der Waals surface area contributed by atoms with Crippen LogP contribution in [0.25, 0.3) is 21.9 Å². The number of fused-ring (bicyclic) bond motifs is 2. The van der Waals surface area contributed by atoms with E-state index in [1.54, 1.807) is 6.07 Å². The number of furan rings is 2. The molecule has 0 saturated carbocycles. The van der Waals surface area contributed by atoms with E-state index in [9.17, 15) is 4.39 Å². The lowest BCUT2D eigenvalue weighted by Gasteiger charge is -1.90. The highest BCUT2D eigenvalue weighted by Crippen LogP contribution is 2.33. The summed E-state index contributed by atoms with van der Waals surface area (Å²) >= 11 is 0. The van der Waals surface area contributed by atoms with Crippen molar-refractivity contribution in [1.82, 2.24) is 0 Å². The Morgan fingerprint density at radius 1 is 0.944 bits per heavy atom. The monoisotopic (exact) mass is 246 g/mol. The van der Waals surface area contributed by atoms with Gasteiger partial charge in [-0.3, -0.25) is 0 Å². The van der Waals surface area contributed by atoms with Gasteiger partial charge >= 0.3 is 0 Å². The third-order valence-electron chi connectivity index (χ3n) is 3.49. The van der Waals surface area contributed by atoms with Crippen molar-refractivity contribution in [3.05, 3.63) is 35.0 Å². The van der Waals surface area contributed by atoms with E-state index in [0.29, 0.717) is 23.2 Å². The molecule has 3 heteroatoms. The molecule has 0 aliphatic rings. The second-order valence-corrected chi connectivity index (χ2v) is 4.54. The zero-order valence-corrected chi connectivity index (χ0v) is 10.8. The predicted octanol–water partition coefficient (Wildman–Crippen LogP) is 4.75. The Morgan fingerprint density at radius 2 is 1.50 bits per heavy atom. The molecule has 2 nitrogen and oxygen atoms in total. The number of aryl methyl sites for hydroxylation is 3. The SMILES string of the molecule is CCc1oc2cc3c(F)c(CC)oc3cc2c1C. The van der Waals surface area contributed by atoms with Gasteiger partial charge < -0.3 is 8.83 Å². The fourth-order valence-corrected chi connectivity index (χ4v) is 2.45. The number of hydrogen-bond acceptors (Lipinski definition) is 2. The van der Waals surface area contributed by atoms with Crippen molar-refractivity contribution in [2.24, 2.45) is 0 Å². The van der Waals surface area contributed by atoms with Crippen molar-refractivity contribution < 1.29 is 13.2 Å². The van der Waals surface area contributed by atoms with Gasteiger partial charge in [0.05, 0.1) is 5.39 Å². The van der Waals surface area contributed by atoms with Crippen LogP contribution in [0.1, 0.15) is 30.9 Å². The van der Waals surface area contributed by atoms with Crippen molar-refractivity contribution in [3.63, 3.8) is 0 Å². The van der Waals surface area contributed by atoms with Gasteiger partial charge in [-0.1, -0.05) is 13.8 Å². The van der Waals surface area contributed by atoms with Crippen molar-refractivity contribution >= 4 is 21.9 Å². The van der Waals surface area contributed by atoms with Crippen molar-refractivity contribution in [2.75, 3.05) is 0 Å². The predicted molar refractivity (Wildman–Crippen MR) is 69.4 cm³/mol. The van der Waals surface area contributed by atoms with E-state index in [1.807, 2.05) is 26.8 Å². The summed E-state index contributed by atoms with van der Waals surface area (Å²) in [5.74, 6) is 1.10. The standard InChI is InChI=1S/C15H15FO2/c1-4-11-8(3)9-6-14-10(7-13(9)17-11)15(16)12(5-2)18-14/h6-7H,4-5H2,1-3H3. The molecule has 94 valence electrons. The minimum Gasteiger partial charge on any atom is -0.461 e. The van der Waals surface area contributed by atoms with E-state index >= 15 is 0 Å². The van der Waals surface area contributed by atoms with E-state index in [0.717, 1.165) is 28.7 Å². The second-order valence-electron chi connectivity index (χ2n) is 4.54. The molecule has 0 radical (unpaired) electrons. The normalized spacial score (nSPS) is 11.8. The number of hydrogen-bond donors (Lipinski definition) is 0. The minimum absolute atomic E-state index is 0.262. The highest BCUT2D eigenvalue weighted by atomic mass is 19.1. The fourth-order valence-electron chi connectivity index (χ4n) is 2.45. The molecule has 0 aliphatic carbocycles. The molecule has 0 amide bonds. The molecule has 3 rings (SSSR count). The maximum atomic E-state index is 14.0. The van der Waals surface area contributed by atoms with Crippen LogP contribution in [0.2, 0.25) is 0 Å². The van der Waals surface area contributed by atoms with Crippen molar-refractivity contribution in [2.45, 2.75) is 33.6 Å². The summed E-state index contributed by atoms with van der Waals surface area (Å²) in [7, 11) is 0. The third-order valence-corrected chi connectivity index (χ3v) is 3.49. The molecule has 0 saturated heterocycles. The van der Waals surface area contributed by atoms with E-state index in [-0.39, 0.29) is 5.82 Å². The van der Waals surface area contributed by atoms with Gasteiger partial charge in [-0.05, 0) is 24.6 Å². The smallest absolute Gasteiger partial charge is 0.172 e. The molecule has 0 N–H and O–H groups in total. The van der Waals surface area contributed by atoms with Gasteiger partial charge in [-0.25, -0.2) is 4.39 Å². The molecule has 0 spiro atoms. The van der Waals surface area contributed by atoms with Gasteiger partial charge in [0.15, 0.2) is 5.82 Å². The average molecular weight is 246 g/mol. The molecule has 1 aromatic carbocycles. The van der Waals surface area contributed by atoms with E-state index in [1.165, 1.54) is 0 Å². The first-order valence-electron chi connectivity index (χ1n) is 6.28. The van der Waals surface area contributed by atoms with Gasteiger partial charge in [-0.2, -0.15) is 0 Å². The Morgan fingerprint density at radius 3 is 2.17 bits per heavy atom. The van der Waals surface area contributed by atoms with Crippen LogP contribution in [-0.2, 0) is 12.8 Å². The van der Waals surface area contributed by atoms with Crippen LogP contribution in [0.5, 0.6) is 0 Å². The highest BCUT2D eigenvalue weighted by Gasteiger charge is 2.17. The summed E-state index contributed by atoms with van der Waals surface area (Å²) in [6.45, 7) is 5.95. The van der Waals surface area contributed by atoms with Crippen LogP contribution in [0, 0.1) is 12.7 Å². The fraction of sp³-hybridized carbons (Fsp3) is 0.333. The van der Waals surface area contributed by atoms with Crippen molar-refractivity contribution in [1.29, 1.82) is 0 Å². The molecule has 0 unspecified atom stereocenters. The lowest BCUT2D eigenvalue weighted by atomic mass is 10.1. The second kappa shape index (κ2) is 3.87. The van der Waals surface area contributed by atoms with Crippen LogP contribution in [0.4, 0.5) is 4.39 Å². The van der Waals surface area contributed by atoms with E-state index < -0.39 is 0 Å². The maximum absolute atomic E-state index is 14.0. The lowest BCUT2D eigenvalue weighted by molar-refractivity contribution is 0.504. The molecule has 18 heavy (non-hydrogen) atoms. The maximum Gasteiger partial charge on any atom is 0.172 e. The van der Waals surface area contributed by atoms with Crippen LogP contribution >= 0.6 is 0 Å². The van der Waals surface area contributed by atoms with Gasteiger partial charge in [0.1, 0.15) is 22.7 Å². The molecule has 0 atom stereocenters. The van der Waals surface area contributed by atoms with Gasteiger partial charge in [0, 0.05) is 18.2 Å². The first-order valence-corrected chi connectivity index (χ1v) is 6.28. The Kier molecular flexibility index (Phi) is 2.44. The lowest BCUT2D eigenvalue weighted by Crippen LogP contribution is -1.78. The molecule has 2 aromatic heterocycles. The number of rotatable bonds is 2. The summed E-state index contributed by atoms with van der Waals surface area (Å²) in [6, 6.07) is 3.62. The van der Waals surface area contributed by atoms with Crippen LogP contribution < -0.4 is 0 Å². The first kappa shape index (κ1) is 11.3. The Hall–Kier alpha value is -1.77. The summed E-state index contributed by atoms with van der Waals surface area (Å²) in [6.07, 6.45) is 1.39. The van der Waals surface area contributed by atoms with E-state index in [2.05, 4.69) is 0 Å². The summed E-state index contributed by atoms with van der Waals surface area (Å²) in [4.78, 5) is 0. The topological polar surface area (TPSA) is 26.3 Å². The zero-order chi connectivity index (χ0) is 12.9. The van der Waals surface area contributed by atoms with Crippen LogP contribution in [0.3, 0.4) is 0 Å². The van der Waals surface area contributed by atoms with Crippen LogP contribution in [-0.4, -0.2) is 0 Å². The molecule has 0 bridgehead atoms. The summed E-state index contributed by atoms with van der Waals surface area (Å²) in [5.41, 5.74) is 2.45. The largest absolute Gasteiger partial charge is 0.461 e. The minimum atomic E-state index is -0.262. The molecular formula is C15H15FO2. The van der Waals surface area contributed by atoms with Gasteiger partial charge in [-0.15, -0.1) is 0 Å². The highest BCUT2D eigenvalue weighted by molar-refractivity contribution is 5.95. The number of halogens is 1. The van der Waals surface area contributed by atoms with Gasteiger partial charge in [0.2, 0.25) is 0 Å². The van der Waals surface area contributed by atoms with E-state index in [4.69, 9.17) is 8.83 Å². The van der Waals surface area contributed by atoms with Gasteiger partial charge in [0.25, 0.3) is 0 Å². The number of benzene rings is 1.